The zero-order chi connectivity index (χ0) is 40.1. The summed E-state index contributed by atoms with van der Waals surface area (Å²) in [7, 11) is 0. The lowest BCUT2D eigenvalue weighted by Gasteiger charge is -2.07. The fourth-order valence-electron chi connectivity index (χ4n) is 9.15. The molecule has 0 fully saturated rings. The van der Waals surface area contributed by atoms with Crippen LogP contribution < -0.4 is 4.57 Å². The number of rotatable bonds is 48. The average Bonchev–Trinajstić information content (AvgIpc) is 3.59. The average molecular weight is 784 g/mol. The van der Waals surface area contributed by atoms with Crippen molar-refractivity contribution < 1.29 is 4.57 Å². The first-order chi connectivity index (χ1) is 27.8. The van der Waals surface area contributed by atoms with Gasteiger partial charge < -0.3 is 0 Å². The van der Waals surface area contributed by atoms with Crippen LogP contribution in [0.4, 0.5) is 0 Å². The van der Waals surface area contributed by atoms with Gasteiger partial charge in [-0.1, -0.05) is 278 Å². The summed E-state index contributed by atoms with van der Waals surface area (Å²) in [5.41, 5.74) is 0. The van der Waals surface area contributed by atoms with Crippen molar-refractivity contribution in [3.63, 3.8) is 0 Å². The summed E-state index contributed by atoms with van der Waals surface area (Å²) in [4.78, 5) is 0. The Kier molecular flexibility index (Phi) is 43.1. The Balaban J connectivity index is 2.24. The number of nitrogens with zero attached hydrogens (tertiary/aromatic N) is 2. The molecule has 2 nitrogen and oxygen atoms in total. The minimum absolute atomic E-state index is 1.23. The molecule has 1 heterocycles. The summed E-state index contributed by atoms with van der Waals surface area (Å²) in [6.45, 7) is 9.42. The molecular weight excluding hydrogens is 677 g/mol. The van der Waals surface area contributed by atoms with Crippen molar-refractivity contribution >= 4 is 0 Å². The van der Waals surface area contributed by atoms with E-state index in [-0.39, 0.29) is 0 Å². The Hall–Kier alpha value is -0.790. The minimum atomic E-state index is 1.23. The van der Waals surface area contributed by atoms with Crippen molar-refractivity contribution in [1.29, 1.82) is 0 Å². The molecule has 0 radical (unpaired) electrons. The lowest BCUT2D eigenvalue weighted by molar-refractivity contribution is -0.704. The lowest BCUT2D eigenvalue weighted by Crippen LogP contribution is -2.37. The molecule has 0 saturated carbocycles. The monoisotopic (exact) mass is 784 g/mol. The van der Waals surface area contributed by atoms with E-state index in [9.17, 15) is 0 Å². The molecule has 0 amide bonds. The third-order valence-electron chi connectivity index (χ3n) is 13.1. The molecule has 332 valence electrons. The molecular formula is C54H107N2+. The molecule has 0 unspecified atom stereocenters. The van der Waals surface area contributed by atoms with Gasteiger partial charge in [0.15, 0.2) is 0 Å². The van der Waals surface area contributed by atoms with Gasteiger partial charge in [0.2, 0.25) is 0 Å². The zero-order valence-electron chi connectivity index (χ0n) is 39.5. The van der Waals surface area contributed by atoms with Crippen molar-refractivity contribution in [2.24, 2.45) is 0 Å². The third kappa shape index (κ3) is 36.3. The van der Waals surface area contributed by atoms with Crippen LogP contribution in [0.1, 0.15) is 316 Å². The van der Waals surface area contributed by atoms with Crippen LogP contribution in [0, 0.1) is 0 Å². The molecule has 2 heteroatoms. The van der Waals surface area contributed by atoms with E-state index in [1.54, 1.807) is 5.82 Å². The van der Waals surface area contributed by atoms with E-state index in [0.29, 0.717) is 0 Å². The SMILES string of the molecule is CCCCCCCCCCCCCCCCCCCn1cc[n+](CCCCCCCCCCCCCCC)c1CCCCCCCCCCCCCCCCC. The van der Waals surface area contributed by atoms with Crippen molar-refractivity contribution in [2.45, 2.75) is 329 Å². The van der Waals surface area contributed by atoms with E-state index in [1.165, 1.54) is 308 Å². The highest BCUT2D eigenvalue weighted by atomic mass is 15.1. The number of aromatic nitrogens is 2. The van der Waals surface area contributed by atoms with Gasteiger partial charge in [-0.15, -0.1) is 0 Å². The van der Waals surface area contributed by atoms with Gasteiger partial charge in [-0.05, 0) is 32.1 Å². The summed E-state index contributed by atoms with van der Waals surface area (Å²) < 4.78 is 5.33. The van der Waals surface area contributed by atoms with E-state index in [1.807, 2.05) is 0 Å². The highest BCUT2D eigenvalue weighted by Crippen LogP contribution is 2.17. The van der Waals surface area contributed by atoms with Crippen LogP contribution in [0.2, 0.25) is 0 Å². The van der Waals surface area contributed by atoms with Gasteiger partial charge in [0, 0.05) is 6.42 Å². The van der Waals surface area contributed by atoms with Crippen LogP contribution in [-0.4, -0.2) is 4.57 Å². The van der Waals surface area contributed by atoms with Crippen LogP contribution in [0.3, 0.4) is 0 Å². The Labute approximate surface area is 355 Å². The number of unbranched alkanes of at least 4 members (excludes halogenated alkanes) is 42. The van der Waals surface area contributed by atoms with Gasteiger partial charge in [0.1, 0.15) is 12.4 Å². The molecule has 1 rings (SSSR count). The summed E-state index contributed by atoms with van der Waals surface area (Å²) in [5.74, 6) is 1.63. The highest BCUT2D eigenvalue weighted by molar-refractivity contribution is 4.84. The van der Waals surface area contributed by atoms with Crippen molar-refractivity contribution in [3.8, 4) is 0 Å². The van der Waals surface area contributed by atoms with Crippen molar-refractivity contribution in [3.05, 3.63) is 18.2 Å². The second kappa shape index (κ2) is 45.3. The van der Waals surface area contributed by atoms with Gasteiger partial charge in [-0.25, -0.2) is 9.13 Å². The predicted octanol–water partition coefficient (Wildman–Crippen LogP) is 18.9. The topological polar surface area (TPSA) is 8.81 Å². The van der Waals surface area contributed by atoms with E-state index in [4.69, 9.17) is 0 Å². The molecule has 0 aliphatic heterocycles. The smallest absolute Gasteiger partial charge is 0.234 e. The molecule has 0 atom stereocenters. The van der Waals surface area contributed by atoms with Crippen molar-refractivity contribution in [1.82, 2.24) is 4.57 Å². The maximum absolute atomic E-state index is 2.66. The van der Waals surface area contributed by atoms with Gasteiger partial charge in [-0.2, -0.15) is 0 Å². The first-order valence-corrected chi connectivity index (χ1v) is 26.9. The molecule has 0 aliphatic rings. The molecule has 1 aromatic heterocycles. The molecule has 0 aliphatic carbocycles. The normalized spacial score (nSPS) is 11.7. The van der Waals surface area contributed by atoms with Gasteiger partial charge in [-0.3, -0.25) is 0 Å². The van der Waals surface area contributed by atoms with Gasteiger partial charge in [0.25, 0.3) is 5.82 Å². The van der Waals surface area contributed by atoms with Crippen LogP contribution in [0.15, 0.2) is 12.4 Å². The summed E-state index contributed by atoms with van der Waals surface area (Å²) in [6, 6.07) is 0. The number of imidazole rings is 1. The first-order valence-electron chi connectivity index (χ1n) is 26.9. The second-order valence-electron chi connectivity index (χ2n) is 18.7. The van der Waals surface area contributed by atoms with Crippen LogP contribution >= 0.6 is 0 Å². The van der Waals surface area contributed by atoms with Gasteiger partial charge >= 0.3 is 0 Å². The largest absolute Gasteiger partial charge is 0.256 e. The van der Waals surface area contributed by atoms with E-state index < -0.39 is 0 Å². The fraction of sp³-hybridized carbons (Fsp3) is 0.944. The fourth-order valence-corrected chi connectivity index (χ4v) is 9.15. The standard InChI is InChI=1S/C54H107N2/c1-4-7-10-13-16-19-22-25-27-28-30-33-36-39-42-45-48-51-56-53-52-55(50-47-44-41-38-35-32-24-21-18-15-12-9-6-3)54(56)49-46-43-40-37-34-31-29-26-23-20-17-14-11-8-5-2/h52-53H,4-51H2,1-3H3/q+1. The van der Waals surface area contributed by atoms with E-state index in [0.717, 1.165) is 0 Å². The Bertz CT molecular complexity index is 857. The maximum Gasteiger partial charge on any atom is 0.256 e. The van der Waals surface area contributed by atoms with Crippen LogP contribution in [0.5, 0.6) is 0 Å². The zero-order valence-corrected chi connectivity index (χ0v) is 39.5. The van der Waals surface area contributed by atoms with Gasteiger partial charge in [0.05, 0.1) is 13.1 Å². The molecule has 0 bridgehead atoms. The Morgan fingerprint density at radius 1 is 0.304 bits per heavy atom. The number of hydrogen-bond acceptors (Lipinski definition) is 0. The highest BCUT2D eigenvalue weighted by Gasteiger charge is 2.16. The maximum atomic E-state index is 2.66. The Morgan fingerprint density at radius 3 is 0.857 bits per heavy atom. The third-order valence-corrected chi connectivity index (χ3v) is 13.1. The number of aryl methyl sites for hydroxylation is 2. The number of hydrogen-bond donors (Lipinski definition) is 0. The van der Waals surface area contributed by atoms with E-state index in [2.05, 4.69) is 42.3 Å². The predicted molar refractivity (Wildman–Crippen MR) is 253 cm³/mol. The molecule has 0 N–H and O–H groups in total. The van der Waals surface area contributed by atoms with Crippen LogP contribution in [0.25, 0.3) is 0 Å². The van der Waals surface area contributed by atoms with E-state index >= 15 is 0 Å². The molecule has 0 aromatic carbocycles. The molecule has 0 saturated heterocycles. The molecule has 1 aromatic rings. The lowest BCUT2D eigenvalue weighted by atomic mass is 10.0. The first kappa shape index (κ1) is 53.2. The minimum Gasteiger partial charge on any atom is -0.234 e. The summed E-state index contributed by atoms with van der Waals surface area (Å²) >= 11 is 0. The Morgan fingerprint density at radius 2 is 0.554 bits per heavy atom. The van der Waals surface area contributed by atoms with Crippen LogP contribution in [-0.2, 0) is 19.5 Å². The second-order valence-corrected chi connectivity index (χ2v) is 18.7. The quantitative estimate of drug-likeness (QED) is 0.0460. The molecule has 0 spiro atoms. The summed E-state index contributed by atoms with van der Waals surface area (Å²) in [5, 5.41) is 0. The molecule has 56 heavy (non-hydrogen) atoms. The summed E-state index contributed by atoms with van der Waals surface area (Å²) in [6.07, 6.45) is 71.3. The van der Waals surface area contributed by atoms with Crippen molar-refractivity contribution in [2.75, 3.05) is 0 Å².